The van der Waals surface area contributed by atoms with Crippen LogP contribution in [0.4, 0.5) is 0 Å². The van der Waals surface area contributed by atoms with Gasteiger partial charge in [0.25, 0.3) is 5.91 Å². The largest absolute Gasteiger partial charge is 0.346 e. The average Bonchev–Trinajstić information content (AvgIpc) is 2.73. The Kier molecular flexibility index (Phi) is 4.43. The van der Waals surface area contributed by atoms with Crippen molar-refractivity contribution in [3.8, 4) is 0 Å². The van der Waals surface area contributed by atoms with E-state index in [2.05, 4.69) is 31.3 Å². The molecule has 33 heavy (non-hydrogen) atoms. The summed E-state index contributed by atoms with van der Waals surface area (Å²) in [5, 5.41) is 4.04. The van der Waals surface area contributed by atoms with Crippen LogP contribution in [0.3, 0.4) is 0 Å². The number of hydrogen-bond acceptors (Lipinski definition) is 2. The predicted octanol–water partition coefficient (Wildman–Crippen LogP) is 5.53. The zero-order valence-electron chi connectivity index (χ0n) is 19.6. The Hall–Kier alpha value is -2.88. The molecule has 0 spiro atoms. The molecule has 2 unspecified atom stereocenters. The van der Waals surface area contributed by atoms with Gasteiger partial charge in [-0.1, -0.05) is 56.3 Å². The van der Waals surface area contributed by atoms with Gasteiger partial charge in [-0.2, -0.15) is 0 Å². The number of aromatic nitrogens is 1. The Labute approximate surface area is 195 Å². The van der Waals surface area contributed by atoms with Gasteiger partial charge >= 0.3 is 0 Å². The molecule has 1 amide bonds. The van der Waals surface area contributed by atoms with Gasteiger partial charge in [0.2, 0.25) is 5.43 Å². The van der Waals surface area contributed by atoms with E-state index in [1.54, 1.807) is 6.20 Å². The lowest BCUT2D eigenvalue weighted by atomic mass is 9.43. The molecular weight excluding hydrogens is 408 g/mol. The second-order valence-corrected chi connectivity index (χ2v) is 11.9. The van der Waals surface area contributed by atoms with E-state index in [4.69, 9.17) is 0 Å². The third-order valence-electron chi connectivity index (χ3n) is 8.43. The lowest BCUT2D eigenvalue weighted by Gasteiger charge is -2.65. The normalized spacial score (nSPS) is 32.2. The van der Waals surface area contributed by atoms with Crippen LogP contribution in [0.2, 0.25) is 0 Å². The first-order chi connectivity index (χ1) is 15.8. The topological polar surface area (TPSA) is 51.1 Å². The molecule has 2 aromatic carbocycles. The van der Waals surface area contributed by atoms with Gasteiger partial charge in [-0.15, -0.1) is 0 Å². The van der Waals surface area contributed by atoms with Gasteiger partial charge in [-0.25, -0.2) is 0 Å². The fourth-order valence-electron chi connectivity index (χ4n) is 8.31. The zero-order valence-corrected chi connectivity index (χ0v) is 19.6. The van der Waals surface area contributed by atoms with Crippen molar-refractivity contribution >= 4 is 16.8 Å². The Morgan fingerprint density at radius 1 is 0.939 bits per heavy atom. The summed E-state index contributed by atoms with van der Waals surface area (Å²) in [7, 11) is 0. The van der Waals surface area contributed by atoms with E-state index < -0.39 is 0 Å². The summed E-state index contributed by atoms with van der Waals surface area (Å²) in [6, 6.07) is 17.8. The van der Waals surface area contributed by atoms with Gasteiger partial charge < -0.3 is 9.88 Å². The summed E-state index contributed by atoms with van der Waals surface area (Å²) in [5.74, 6) is 0.476. The van der Waals surface area contributed by atoms with Crippen LogP contribution in [0.15, 0.2) is 65.6 Å². The monoisotopic (exact) mass is 440 g/mol. The van der Waals surface area contributed by atoms with Gasteiger partial charge in [0.05, 0.1) is 5.52 Å². The molecule has 0 aliphatic heterocycles. The van der Waals surface area contributed by atoms with Crippen molar-refractivity contribution in [3.05, 3.63) is 82.1 Å². The number of amides is 1. The molecule has 0 radical (unpaired) electrons. The maximum Gasteiger partial charge on any atom is 0.257 e. The molecule has 0 saturated heterocycles. The Morgan fingerprint density at radius 2 is 1.61 bits per heavy atom. The highest BCUT2D eigenvalue weighted by atomic mass is 16.2. The van der Waals surface area contributed by atoms with Crippen molar-refractivity contribution in [2.75, 3.05) is 0 Å². The van der Waals surface area contributed by atoms with Crippen molar-refractivity contribution in [2.45, 2.75) is 64.5 Å². The molecule has 4 aliphatic rings. The number of nitrogens with zero attached hydrogens (tertiary/aromatic N) is 1. The second kappa shape index (κ2) is 7.06. The Morgan fingerprint density at radius 3 is 2.30 bits per heavy atom. The highest BCUT2D eigenvalue weighted by molar-refractivity contribution is 5.97. The molecule has 4 nitrogen and oxygen atoms in total. The lowest BCUT2D eigenvalue weighted by Crippen LogP contribution is -2.65. The van der Waals surface area contributed by atoms with Crippen LogP contribution < -0.4 is 10.7 Å². The molecule has 1 aromatic heterocycles. The molecule has 3 aromatic rings. The summed E-state index contributed by atoms with van der Waals surface area (Å²) >= 11 is 0. The van der Waals surface area contributed by atoms with Crippen LogP contribution in [-0.2, 0) is 6.54 Å². The van der Waals surface area contributed by atoms with Crippen molar-refractivity contribution in [1.29, 1.82) is 0 Å². The highest BCUT2D eigenvalue weighted by Crippen LogP contribution is 2.66. The van der Waals surface area contributed by atoms with E-state index in [1.807, 2.05) is 47.0 Å². The van der Waals surface area contributed by atoms with Crippen LogP contribution in [0.5, 0.6) is 0 Å². The SMILES string of the molecule is CC12CC3CC(C)(C1)CC(NC(=O)c1cn(Cc4ccccc4)c4ccccc4c1=O)(C3)C2. The van der Waals surface area contributed by atoms with Crippen molar-refractivity contribution in [1.82, 2.24) is 9.88 Å². The zero-order chi connectivity index (χ0) is 22.8. The molecule has 4 saturated carbocycles. The van der Waals surface area contributed by atoms with Crippen molar-refractivity contribution in [3.63, 3.8) is 0 Å². The summed E-state index contributed by atoms with van der Waals surface area (Å²) in [6.07, 6.45) is 8.70. The molecular formula is C29H32N2O2. The standard InChI is InChI=1S/C29H32N2O2/c1-27-12-21-13-28(2,17-27)19-29(14-21,18-27)30-26(33)23-16-31(15-20-8-4-3-5-9-20)24-11-7-6-10-22(24)25(23)32/h3-11,16,21H,12-15,17-19H2,1-2H3,(H,30,33). The second-order valence-electron chi connectivity index (χ2n) is 11.9. The molecule has 4 fully saturated rings. The fourth-order valence-corrected chi connectivity index (χ4v) is 8.31. The number of fused-ring (bicyclic) bond motifs is 1. The van der Waals surface area contributed by atoms with Crippen LogP contribution in [0.25, 0.3) is 10.9 Å². The van der Waals surface area contributed by atoms with Gasteiger partial charge in [0.15, 0.2) is 0 Å². The average molecular weight is 441 g/mol. The number of rotatable bonds is 4. The van der Waals surface area contributed by atoms with E-state index in [0.717, 1.165) is 30.3 Å². The van der Waals surface area contributed by atoms with E-state index >= 15 is 0 Å². The molecule has 170 valence electrons. The first-order valence-corrected chi connectivity index (χ1v) is 12.2. The number of para-hydroxylation sites is 1. The number of nitrogens with one attached hydrogen (secondary N) is 1. The highest BCUT2D eigenvalue weighted by Gasteiger charge is 2.60. The number of carbonyl (C=O) groups is 1. The van der Waals surface area contributed by atoms with Gasteiger partial charge in [0.1, 0.15) is 5.56 Å². The molecule has 4 bridgehead atoms. The minimum absolute atomic E-state index is 0.172. The number of hydrogen-bond donors (Lipinski definition) is 1. The van der Waals surface area contributed by atoms with Crippen LogP contribution in [0.1, 0.15) is 68.3 Å². The third-order valence-corrected chi connectivity index (χ3v) is 8.43. The van der Waals surface area contributed by atoms with Gasteiger partial charge in [-0.05, 0) is 73.0 Å². The van der Waals surface area contributed by atoms with Crippen LogP contribution >= 0.6 is 0 Å². The number of pyridine rings is 1. The maximum absolute atomic E-state index is 13.7. The van der Waals surface area contributed by atoms with Crippen molar-refractivity contribution in [2.24, 2.45) is 16.7 Å². The smallest absolute Gasteiger partial charge is 0.257 e. The maximum atomic E-state index is 13.7. The molecule has 1 heterocycles. The van der Waals surface area contributed by atoms with E-state index in [0.29, 0.717) is 28.7 Å². The van der Waals surface area contributed by atoms with E-state index in [-0.39, 0.29) is 22.4 Å². The van der Waals surface area contributed by atoms with E-state index in [9.17, 15) is 9.59 Å². The Bertz CT molecular complexity index is 1290. The summed E-state index contributed by atoms with van der Waals surface area (Å²) in [4.78, 5) is 27.1. The fraction of sp³-hybridized carbons (Fsp3) is 0.448. The first-order valence-electron chi connectivity index (χ1n) is 12.2. The Balaban J connectivity index is 1.39. The molecule has 2 atom stereocenters. The summed E-state index contributed by atoms with van der Waals surface area (Å²) in [5.41, 5.74) is 2.52. The molecule has 4 aliphatic carbocycles. The van der Waals surface area contributed by atoms with E-state index in [1.165, 1.54) is 19.3 Å². The first kappa shape index (κ1) is 20.7. The minimum atomic E-state index is -0.207. The van der Waals surface area contributed by atoms with Gasteiger partial charge in [0, 0.05) is 23.7 Å². The quantitative estimate of drug-likeness (QED) is 0.580. The van der Waals surface area contributed by atoms with Crippen LogP contribution in [0, 0.1) is 16.7 Å². The molecule has 4 heteroatoms. The van der Waals surface area contributed by atoms with Gasteiger partial charge in [-0.3, -0.25) is 9.59 Å². The van der Waals surface area contributed by atoms with Crippen LogP contribution in [-0.4, -0.2) is 16.0 Å². The summed E-state index contributed by atoms with van der Waals surface area (Å²) in [6.45, 7) is 5.42. The molecule has 7 rings (SSSR count). The lowest BCUT2D eigenvalue weighted by molar-refractivity contribution is -0.114. The number of carbonyl (C=O) groups excluding carboxylic acids is 1. The summed E-state index contributed by atoms with van der Waals surface area (Å²) < 4.78 is 2.04. The molecule has 1 N–H and O–H groups in total. The predicted molar refractivity (Wildman–Crippen MR) is 131 cm³/mol. The number of benzene rings is 2. The van der Waals surface area contributed by atoms with Crippen molar-refractivity contribution < 1.29 is 4.79 Å². The minimum Gasteiger partial charge on any atom is -0.346 e. The third kappa shape index (κ3) is 3.51.